The molecule has 1 atom stereocenters. The fourth-order valence-electron chi connectivity index (χ4n) is 1.74. The summed E-state index contributed by atoms with van der Waals surface area (Å²) < 4.78 is 4.98. The highest BCUT2D eigenvalue weighted by molar-refractivity contribution is 5.78. The van der Waals surface area contributed by atoms with Crippen LogP contribution in [-0.2, 0) is 4.74 Å². The van der Waals surface area contributed by atoms with E-state index in [9.17, 15) is 0 Å². The Kier molecular flexibility index (Phi) is 4.56. The van der Waals surface area contributed by atoms with Gasteiger partial charge >= 0.3 is 0 Å². The predicted molar refractivity (Wildman–Crippen MR) is 62.9 cm³/mol. The normalized spacial score (nSPS) is 20.7. The van der Waals surface area contributed by atoms with Crippen LogP contribution in [0.15, 0.2) is 4.99 Å². The average molecular weight is 224 g/mol. The van der Waals surface area contributed by atoms with E-state index in [-0.39, 0.29) is 11.5 Å². The summed E-state index contributed by atoms with van der Waals surface area (Å²) in [6, 6.07) is 2.47. The molecule has 0 heterocycles. The number of guanidine groups is 1. The zero-order valence-corrected chi connectivity index (χ0v) is 9.99. The summed E-state index contributed by atoms with van der Waals surface area (Å²) in [7, 11) is 1.64. The molecule has 90 valence electrons. The second-order valence-corrected chi connectivity index (χ2v) is 4.45. The van der Waals surface area contributed by atoms with E-state index in [1.165, 1.54) is 0 Å². The van der Waals surface area contributed by atoms with E-state index in [2.05, 4.69) is 16.4 Å². The van der Waals surface area contributed by atoms with Crippen molar-refractivity contribution in [1.82, 2.24) is 5.32 Å². The number of nitrogens with zero attached hydrogens (tertiary/aromatic N) is 2. The lowest BCUT2D eigenvalue weighted by molar-refractivity contribution is 0.179. The monoisotopic (exact) mass is 224 g/mol. The van der Waals surface area contributed by atoms with Crippen molar-refractivity contribution in [2.45, 2.75) is 32.2 Å². The summed E-state index contributed by atoms with van der Waals surface area (Å²) >= 11 is 0. The van der Waals surface area contributed by atoms with E-state index in [4.69, 9.17) is 15.7 Å². The number of nitriles is 1. The van der Waals surface area contributed by atoms with Crippen molar-refractivity contribution in [3.05, 3.63) is 0 Å². The first-order valence-electron chi connectivity index (χ1n) is 5.58. The van der Waals surface area contributed by atoms with Gasteiger partial charge in [-0.15, -0.1) is 0 Å². The molecule has 0 aromatic rings. The van der Waals surface area contributed by atoms with Gasteiger partial charge in [-0.2, -0.15) is 5.26 Å². The van der Waals surface area contributed by atoms with Gasteiger partial charge in [0.15, 0.2) is 5.96 Å². The molecule has 1 unspecified atom stereocenters. The topological polar surface area (TPSA) is 83.4 Å². The van der Waals surface area contributed by atoms with E-state index >= 15 is 0 Å². The fraction of sp³-hybridized carbons (Fsp3) is 0.818. The summed E-state index contributed by atoms with van der Waals surface area (Å²) in [5.41, 5.74) is 5.47. The molecule has 0 saturated heterocycles. The van der Waals surface area contributed by atoms with Gasteiger partial charge in [-0.05, 0) is 19.8 Å². The molecule has 0 aromatic carbocycles. The van der Waals surface area contributed by atoms with Crippen LogP contribution in [0.3, 0.4) is 0 Å². The van der Waals surface area contributed by atoms with Crippen LogP contribution in [0, 0.1) is 16.7 Å². The number of aliphatic imine (C=N–C) groups is 1. The van der Waals surface area contributed by atoms with Crippen molar-refractivity contribution >= 4 is 5.96 Å². The van der Waals surface area contributed by atoms with Crippen LogP contribution in [0.25, 0.3) is 0 Å². The van der Waals surface area contributed by atoms with Crippen molar-refractivity contribution in [2.24, 2.45) is 16.1 Å². The molecular weight excluding hydrogens is 204 g/mol. The molecule has 1 fully saturated rings. The SMILES string of the molecule is COCC(C)NC(N)=NCC1(C#N)CCC1. The summed E-state index contributed by atoms with van der Waals surface area (Å²) in [4.78, 5) is 4.22. The van der Waals surface area contributed by atoms with Gasteiger partial charge in [0.25, 0.3) is 0 Å². The van der Waals surface area contributed by atoms with Crippen LogP contribution in [0.2, 0.25) is 0 Å². The van der Waals surface area contributed by atoms with E-state index in [0.29, 0.717) is 19.1 Å². The Balaban J connectivity index is 2.36. The lowest BCUT2D eigenvalue weighted by atomic mass is 9.70. The minimum Gasteiger partial charge on any atom is -0.383 e. The number of rotatable bonds is 5. The maximum Gasteiger partial charge on any atom is 0.188 e. The van der Waals surface area contributed by atoms with Crippen molar-refractivity contribution in [3.8, 4) is 6.07 Å². The second kappa shape index (κ2) is 5.71. The number of nitrogens with two attached hydrogens (primary N) is 1. The molecule has 0 radical (unpaired) electrons. The van der Waals surface area contributed by atoms with Crippen LogP contribution < -0.4 is 11.1 Å². The fourth-order valence-corrected chi connectivity index (χ4v) is 1.74. The molecule has 1 rings (SSSR count). The van der Waals surface area contributed by atoms with Gasteiger partial charge in [0.1, 0.15) is 0 Å². The molecule has 3 N–H and O–H groups in total. The van der Waals surface area contributed by atoms with Crippen molar-refractivity contribution in [1.29, 1.82) is 5.26 Å². The molecule has 0 bridgehead atoms. The van der Waals surface area contributed by atoms with Gasteiger partial charge in [0, 0.05) is 13.2 Å². The van der Waals surface area contributed by atoms with Gasteiger partial charge in [0.05, 0.1) is 24.6 Å². The van der Waals surface area contributed by atoms with Crippen LogP contribution in [0.1, 0.15) is 26.2 Å². The average Bonchev–Trinajstić information content (AvgIpc) is 2.17. The molecule has 1 saturated carbocycles. The molecule has 0 aromatic heterocycles. The van der Waals surface area contributed by atoms with E-state index < -0.39 is 0 Å². The third kappa shape index (κ3) is 3.38. The third-order valence-corrected chi connectivity index (χ3v) is 2.91. The molecule has 5 heteroatoms. The highest BCUT2D eigenvalue weighted by atomic mass is 16.5. The maximum atomic E-state index is 9.02. The lowest BCUT2D eigenvalue weighted by Crippen LogP contribution is -2.42. The quantitative estimate of drug-likeness (QED) is 0.529. The highest BCUT2D eigenvalue weighted by Crippen LogP contribution is 2.40. The van der Waals surface area contributed by atoms with Crippen LogP contribution in [-0.4, -0.2) is 32.3 Å². The predicted octanol–water partition coefficient (Wildman–Crippen LogP) is 0.619. The first-order chi connectivity index (χ1) is 7.62. The van der Waals surface area contributed by atoms with Gasteiger partial charge in [-0.1, -0.05) is 6.42 Å². The lowest BCUT2D eigenvalue weighted by Gasteiger charge is -2.33. The number of ether oxygens (including phenoxy) is 1. The second-order valence-electron chi connectivity index (χ2n) is 4.45. The molecule has 0 aliphatic heterocycles. The number of nitrogens with one attached hydrogen (secondary N) is 1. The van der Waals surface area contributed by atoms with Gasteiger partial charge in [-0.3, -0.25) is 4.99 Å². The highest BCUT2D eigenvalue weighted by Gasteiger charge is 2.36. The Hall–Kier alpha value is -1.28. The van der Waals surface area contributed by atoms with Crippen LogP contribution in [0.5, 0.6) is 0 Å². The van der Waals surface area contributed by atoms with E-state index in [1.54, 1.807) is 7.11 Å². The largest absolute Gasteiger partial charge is 0.383 e. The first-order valence-corrected chi connectivity index (χ1v) is 5.58. The summed E-state index contributed by atoms with van der Waals surface area (Å²) in [5.74, 6) is 0.395. The molecule has 1 aliphatic carbocycles. The number of hydrogen-bond donors (Lipinski definition) is 2. The minimum absolute atomic E-state index is 0.133. The smallest absolute Gasteiger partial charge is 0.188 e. The van der Waals surface area contributed by atoms with Crippen molar-refractivity contribution in [2.75, 3.05) is 20.3 Å². The standard InChI is InChI=1S/C11H20N4O/c1-9(6-16-2)15-10(13)14-8-11(7-12)4-3-5-11/h9H,3-6,8H2,1-2H3,(H3,13,14,15). The van der Waals surface area contributed by atoms with Gasteiger partial charge in [0.2, 0.25) is 0 Å². The van der Waals surface area contributed by atoms with Gasteiger partial charge < -0.3 is 15.8 Å². The number of methoxy groups -OCH3 is 1. The minimum atomic E-state index is -0.253. The molecule has 0 spiro atoms. The maximum absolute atomic E-state index is 9.02. The Morgan fingerprint density at radius 1 is 1.69 bits per heavy atom. The zero-order chi connectivity index (χ0) is 12.0. The Morgan fingerprint density at radius 2 is 2.38 bits per heavy atom. The molecular formula is C11H20N4O. The Morgan fingerprint density at radius 3 is 2.81 bits per heavy atom. The molecule has 5 nitrogen and oxygen atoms in total. The number of hydrogen-bond acceptors (Lipinski definition) is 3. The van der Waals surface area contributed by atoms with Crippen LogP contribution >= 0.6 is 0 Å². The van der Waals surface area contributed by atoms with Gasteiger partial charge in [-0.25, -0.2) is 0 Å². The van der Waals surface area contributed by atoms with Crippen molar-refractivity contribution < 1.29 is 4.74 Å². The third-order valence-electron chi connectivity index (χ3n) is 2.91. The Bertz CT molecular complexity index is 291. The molecule has 1 aliphatic rings. The molecule has 0 amide bonds. The Labute approximate surface area is 96.7 Å². The van der Waals surface area contributed by atoms with E-state index in [0.717, 1.165) is 19.3 Å². The zero-order valence-electron chi connectivity index (χ0n) is 9.99. The van der Waals surface area contributed by atoms with Crippen molar-refractivity contribution in [3.63, 3.8) is 0 Å². The molecule has 16 heavy (non-hydrogen) atoms. The summed E-state index contributed by atoms with van der Waals surface area (Å²) in [6.45, 7) is 3.05. The van der Waals surface area contributed by atoms with Crippen LogP contribution in [0.4, 0.5) is 0 Å². The summed E-state index contributed by atoms with van der Waals surface area (Å²) in [5, 5.41) is 12.0. The van der Waals surface area contributed by atoms with E-state index in [1.807, 2.05) is 6.92 Å². The first kappa shape index (κ1) is 12.8. The summed E-state index contributed by atoms with van der Waals surface area (Å²) in [6.07, 6.45) is 3.00.